The van der Waals surface area contributed by atoms with E-state index >= 15 is 0 Å². The number of hydrogen-bond acceptors (Lipinski definition) is 4. The van der Waals surface area contributed by atoms with Crippen LogP contribution in [0.1, 0.15) is 25.0 Å². The van der Waals surface area contributed by atoms with Gasteiger partial charge in [0, 0.05) is 12.0 Å². The standard InChI is InChI=1S/C11H17N3O2/c12-6-8-2-1-3-10(8)11(15)13-7-9-4-5-14-16-9/h4-5,8,10H,1-3,6-7,12H2,(H,13,15). The molecule has 5 heteroatoms. The molecule has 0 spiro atoms. The lowest BCUT2D eigenvalue weighted by Crippen LogP contribution is -2.34. The highest BCUT2D eigenvalue weighted by molar-refractivity contribution is 5.79. The van der Waals surface area contributed by atoms with Crippen molar-refractivity contribution in [1.29, 1.82) is 0 Å². The van der Waals surface area contributed by atoms with Gasteiger partial charge in [0.2, 0.25) is 5.91 Å². The molecule has 1 amide bonds. The Morgan fingerprint density at radius 1 is 1.62 bits per heavy atom. The van der Waals surface area contributed by atoms with Crippen molar-refractivity contribution in [3.63, 3.8) is 0 Å². The average molecular weight is 223 g/mol. The molecular weight excluding hydrogens is 206 g/mol. The Hall–Kier alpha value is -1.36. The first-order valence-electron chi connectivity index (χ1n) is 5.68. The predicted molar refractivity (Wildman–Crippen MR) is 58.2 cm³/mol. The van der Waals surface area contributed by atoms with E-state index < -0.39 is 0 Å². The van der Waals surface area contributed by atoms with Crippen LogP contribution in [0.25, 0.3) is 0 Å². The number of nitrogens with two attached hydrogens (primary N) is 1. The van der Waals surface area contributed by atoms with E-state index in [1.807, 2.05) is 0 Å². The number of carbonyl (C=O) groups is 1. The maximum Gasteiger partial charge on any atom is 0.223 e. The second-order valence-electron chi connectivity index (χ2n) is 4.23. The van der Waals surface area contributed by atoms with Gasteiger partial charge in [-0.1, -0.05) is 11.6 Å². The minimum absolute atomic E-state index is 0.0768. The first-order valence-corrected chi connectivity index (χ1v) is 5.68. The van der Waals surface area contributed by atoms with Crippen LogP contribution >= 0.6 is 0 Å². The second-order valence-corrected chi connectivity index (χ2v) is 4.23. The number of amides is 1. The third kappa shape index (κ3) is 2.41. The van der Waals surface area contributed by atoms with Gasteiger partial charge in [-0.05, 0) is 25.3 Å². The van der Waals surface area contributed by atoms with Gasteiger partial charge in [0.05, 0.1) is 12.7 Å². The number of nitrogens with one attached hydrogen (secondary N) is 1. The molecule has 1 saturated carbocycles. The molecule has 0 aliphatic heterocycles. The first kappa shape index (κ1) is 11.1. The normalized spacial score (nSPS) is 24.6. The van der Waals surface area contributed by atoms with Gasteiger partial charge >= 0.3 is 0 Å². The largest absolute Gasteiger partial charge is 0.360 e. The molecule has 0 saturated heterocycles. The number of carbonyl (C=O) groups excluding carboxylic acids is 1. The van der Waals surface area contributed by atoms with Crippen molar-refractivity contribution in [3.8, 4) is 0 Å². The monoisotopic (exact) mass is 223 g/mol. The SMILES string of the molecule is NCC1CCCC1C(=O)NCc1ccno1. The van der Waals surface area contributed by atoms with Crippen LogP contribution < -0.4 is 11.1 Å². The molecule has 1 aliphatic rings. The van der Waals surface area contributed by atoms with E-state index in [-0.39, 0.29) is 11.8 Å². The predicted octanol–water partition coefficient (Wildman–Crippen LogP) is 0.666. The van der Waals surface area contributed by atoms with Crippen LogP contribution in [0, 0.1) is 11.8 Å². The van der Waals surface area contributed by atoms with Crippen LogP contribution in [-0.2, 0) is 11.3 Å². The van der Waals surface area contributed by atoms with E-state index in [1.165, 1.54) is 0 Å². The van der Waals surface area contributed by atoms with Gasteiger partial charge in [-0.3, -0.25) is 4.79 Å². The summed E-state index contributed by atoms with van der Waals surface area (Å²) in [5.74, 6) is 1.18. The quantitative estimate of drug-likeness (QED) is 0.786. The Bertz CT molecular complexity index is 337. The Morgan fingerprint density at radius 3 is 3.19 bits per heavy atom. The Labute approximate surface area is 94.4 Å². The van der Waals surface area contributed by atoms with Crippen molar-refractivity contribution in [1.82, 2.24) is 10.5 Å². The summed E-state index contributed by atoms with van der Waals surface area (Å²) in [4.78, 5) is 11.9. The maximum atomic E-state index is 11.9. The molecule has 0 radical (unpaired) electrons. The van der Waals surface area contributed by atoms with E-state index in [0.29, 0.717) is 24.8 Å². The van der Waals surface area contributed by atoms with E-state index in [0.717, 1.165) is 19.3 Å². The zero-order valence-electron chi connectivity index (χ0n) is 9.19. The lowest BCUT2D eigenvalue weighted by molar-refractivity contribution is -0.126. The lowest BCUT2D eigenvalue weighted by Gasteiger charge is -2.16. The summed E-state index contributed by atoms with van der Waals surface area (Å²) in [6.07, 6.45) is 4.68. The Morgan fingerprint density at radius 2 is 2.50 bits per heavy atom. The summed E-state index contributed by atoms with van der Waals surface area (Å²) >= 11 is 0. The van der Waals surface area contributed by atoms with Gasteiger partial charge in [0.15, 0.2) is 5.76 Å². The molecule has 2 unspecified atom stereocenters. The molecule has 1 heterocycles. The van der Waals surface area contributed by atoms with Gasteiger partial charge in [0.1, 0.15) is 0 Å². The van der Waals surface area contributed by atoms with Crippen molar-refractivity contribution >= 4 is 5.91 Å². The van der Waals surface area contributed by atoms with Crippen molar-refractivity contribution < 1.29 is 9.32 Å². The number of hydrogen-bond donors (Lipinski definition) is 2. The van der Waals surface area contributed by atoms with E-state index in [2.05, 4.69) is 10.5 Å². The van der Waals surface area contributed by atoms with E-state index in [9.17, 15) is 4.79 Å². The average Bonchev–Trinajstić information content (AvgIpc) is 2.96. The van der Waals surface area contributed by atoms with Crippen molar-refractivity contribution in [3.05, 3.63) is 18.0 Å². The van der Waals surface area contributed by atoms with Crippen LogP contribution in [0.2, 0.25) is 0 Å². The second kappa shape index (κ2) is 5.12. The lowest BCUT2D eigenvalue weighted by atomic mass is 9.95. The molecule has 1 fully saturated rings. The summed E-state index contributed by atoms with van der Waals surface area (Å²) in [7, 11) is 0. The molecular formula is C11H17N3O2. The molecule has 2 rings (SSSR count). The van der Waals surface area contributed by atoms with Crippen molar-refractivity contribution in [2.75, 3.05) is 6.54 Å². The van der Waals surface area contributed by atoms with Gasteiger partial charge in [-0.2, -0.15) is 0 Å². The summed E-state index contributed by atoms with van der Waals surface area (Å²) in [6, 6.07) is 1.75. The van der Waals surface area contributed by atoms with Gasteiger partial charge in [-0.15, -0.1) is 0 Å². The van der Waals surface area contributed by atoms with Crippen molar-refractivity contribution in [2.45, 2.75) is 25.8 Å². The molecule has 2 atom stereocenters. The van der Waals surface area contributed by atoms with Crippen LogP contribution in [0.3, 0.4) is 0 Å². The number of aromatic nitrogens is 1. The molecule has 1 aromatic heterocycles. The molecule has 0 bridgehead atoms. The number of rotatable bonds is 4. The van der Waals surface area contributed by atoms with Crippen molar-refractivity contribution in [2.24, 2.45) is 17.6 Å². The van der Waals surface area contributed by atoms with Crippen LogP contribution in [0.5, 0.6) is 0 Å². The third-order valence-electron chi connectivity index (χ3n) is 3.23. The summed E-state index contributed by atoms with van der Waals surface area (Å²) in [5.41, 5.74) is 5.64. The summed E-state index contributed by atoms with van der Waals surface area (Å²) in [6.45, 7) is 1.01. The van der Waals surface area contributed by atoms with Gasteiger partial charge < -0.3 is 15.6 Å². The van der Waals surface area contributed by atoms with E-state index in [4.69, 9.17) is 10.3 Å². The fourth-order valence-corrected chi connectivity index (χ4v) is 2.30. The molecule has 0 aromatic carbocycles. The Balaban J connectivity index is 1.83. The summed E-state index contributed by atoms with van der Waals surface area (Å²) in [5, 5.41) is 6.45. The number of nitrogens with zero attached hydrogens (tertiary/aromatic N) is 1. The smallest absolute Gasteiger partial charge is 0.223 e. The molecule has 3 N–H and O–H groups in total. The summed E-state index contributed by atoms with van der Waals surface area (Å²) < 4.78 is 4.91. The van der Waals surface area contributed by atoms with Crippen LogP contribution in [0.15, 0.2) is 16.8 Å². The molecule has 5 nitrogen and oxygen atoms in total. The molecule has 88 valence electrons. The molecule has 1 aromatic rings. The minimum atomic E-state index is 0.0768. The zero-order chi connectivity index (χ0) is 11.4. The van der Waals surface area contributed by atoms with Gasteiger partial charge in [-0.25, -0.2) is 0 Å². The Kier molecular flexibility index (Phi) is 3.56. The zero-order valence-corrected chi connectivity index (χ0v) is 9.19. The van der Waals surface area contributed by atoms with E-state index in [1.54, 1.807) is 12.3 Å². The highest BCUT2D eigenvalue weighted by Crippen LogP contribution is 2.30. The fraction of sp³-hybridized carbons (Fsp3) is 0.636. The maximum absolute atomic E-state index is 11.9. The minimum Gasteiger partial charge on any atom is -0.360 e. The molecule has 16 heavy (non-hydrogen) atoms. The van der Waals surface area contributed by atoms with Gasteiger partial charge in [0.25, 0.3) is 0 Å². The molecule has 1 aliphatic carbocycles. The van der Waals surface area contributed by atoms with Crippen LogP contribution in [-0.4, -0.2) is 17.6 Å². The van der Waals surface area contributed by atoms with Crippen LogP contribution in [0.4, 0.5) is 0 Å². The highest BCUT2D eigenvalue weighted by Gasteiger charge is 2.31. The fourth-order valence-electron chi connectivity index (χ4n) is 2.30. The third-order valence-corrected chi connectivity index (χ3v) is 3.23. The highest BCUT2D eigenvalue weighted by atomic mass is 16.5. The topological polar surface area (TPSA) is 81.2 Å². The first-order chi connectivity index (χ1) is 7.81.